The van der Waals surface area contributed by atoms with E-state index in [1.807, 2.05) is 7.05 Å². The highest BCUT2D eigenvalue weighted by Gasteiger charge is 2.11. The normalized spacial score (nSPS) is 10.9. The summed E-state index contributed by atoms with van der Waals surface area (Å²) in [5.41, 5.74) is 1.79. The van der Waals surface area contributed by atoms with Gasteiger partial charge in [0.25, 0.3) is 0 Å². The third kappa shape index (κ3) is 1.79. The molecule has 0 unspecified atom stereocenters. The van der Waals surface area contributed by atoms with Crippen LogP contribution in [0.3, 0.4) is 0 Å². The van der Waals surface area contributed by atoms with Crippen molar-refractivity contribution in [2.75, 3.05) is 12.4 Å². The lowest BCUT2D eigenvalue weighted by atomic mass is 10.3. The first-order valence-corrected chi connectivity index (χ1v) is 6.82. The van der Waals surface area contributed by atoms with Crippen molar-refractivity contribution in [2.24, 2.45) is 0 Å². The zero-order valence-corrected chi connectivity index (χ0v) is 11.0. The maximum absolute atomic E-state index is 4.58. The number of thiophene rings is 1. The molecule has 0 saturated heterocycles. The van der Waals surface area contributed by atoms with Gasteiger partial charge in [0, 0.05) is 18.1 Å². The Bertz CT molecular complexity index is 657. The number of aromatic nitrogens is 3. The van der Waals surface area contributed by atoms with Crippen LogP contribution in [0, 0.1) is 6.92 Å². The summed E-state index contributed by atoms with van der Waals surface area (Å²) >= 11 is 3.24. The Kier molecular flexibility index (Phi) is 2.53. The van der Waals surface area contributed by atoms with Gasteiger partial charge < -0.3 is 5.32 Å². The second-order valence-corrected chi connectivity index (χ2v) is 5.71. The van der Waals surface area contributed by atoms with Crippen molar-refractivity contribution in [1.82, 2.24) is 15.0 Å². The summed E-state index contributed by atoms with van der Waals surface area (Å²) in [4.78, 5) is 16.4. The minimum atomic E-state index is 0.742. The predicted molar refractivity (Wildman–Crippen MR) is 72.8 cm³/mol. The number of anilines is 1. The molecule has 0 aliphatic heterocycles. The van der Waals surface area contributed by atoms with Gasteiger partial charge in [-0.25, -0.2) is 9.97 Å². The van der Waals surface area contributed by atoms with Crippen molar-refractivity contribution < 1.29 is 0 Å². The molecule has 17 heavy (non-hydrogen) atoms. The lowest BCUT2D eigenvalue weighted by molar-refractivity contribution is 1.23. The first-order chi connectivity index (χ1) is 8.28. The summed E-state index contributed by atoms with van der Waals surface area (Å²) in [6.07, 6.45) is 1.80. The molecule has 0 atom stereocenters. The van der Waals surface area contributed by atoms with Crippen molar-refractivity contribution in [1.29, 1.82) is 0 Å². The number of thiazole rings is 1. The summed E-state index contributed by atoms with van der Waals surface area (Å²) in [5, 5.41) is 4.21. The van der Waals surface area contributed by atoms with Gasteiger partial charge in [0.1, 0.15) is 10.6 Å². The Morgan fingerprint density at radius 1 is 1.29 bits per heavy atom. The molecule has 0 spiro atoms. The van der Waals surface area contributed by atoms with E-state index in [4.69, 9.17) is 0 Å². The predicted octanol–water partition coefficient (Wildman–Crippen LogP) is 3.16. The van der Waals surface area contributed by atoms with E-state index < -0.39 is 0 Å². The Balaban J connectivity index is 2.28. The third-order valence-corrected chi connectivity index (χ3v) is 4.12. The van der Waals surface area contributed by atoms with Gasteiger partial charge in [0.15, 0.2) is 5.82 Å². The second kappa shape index (κ2) is 4.05. The van der Waals surface area contributed by atoms with Gasteiger partial charge in [0.05, 0.1) is 15.8 Å². The monoisotopic (exact) mass is 262 g/mol. The fraction of sp³-hybridized carbons (Fsp3) is 0.182. The zero-order valence-electron chi connectivity index (χ0n) is 9.39. The fourth-order valence-corrected chi connectivity index (χ4v) is 3.10. The van der Waals surface area contributed by atoms with Crippen LogP contribution in [-0.2, 0) is 0 Å². The number of nitrogens with one attached hydrogen (secondary N) is 1. The number of rotatable bonds is 2. The molecular weight excluding hydrogens is 252 g/mol. The highest BCUT2D eigenvalue weighted by molar-refractivity contribution is 7.18. The van der Waals surface area contributed by atoms with Gasteiger partial charge in [-0.3, -0.25) is 4.98 Å². The molecule has 3 rings (SSSR count). The van der Waals surface area contributed by atoms with Crippen molar-refractivity contribution in [3.05, 3.63) is 22.7 Å². The molecule has 0 aliphatic rings. The van der Waals surface area contributed by atoms with E-state index in [2.05, 4.69) is 33.3 Å². The van der Waals surface area contributed by atoms with Crippen LogP contribution < -0.4 is 5.32 Å². The van der Waals surface area contributed by atoms with Crippen LogP contribution in [0.5, 0.6) is 0 Å². The Morgan fingerprint density at radius 3 is 2.88 bits per heavy atom. The summed E-state index contributed by atoms with van der Waals surface area (Å²) in [5.74, 6) is 1.62. The van der Waals surface area contributed by atoms with E-state index >= 15 is 0 Å². The second-order valence-electron chi connectivity index (χ2n) is 3.59. The minimum Gasteiger partial charge on any atom is -0.372 e. The molecule has 3 aromatic rings. The van der Waals surface area contributed by atoms with Gasteiger partial charge in [-0.1, -0.05) is 0 Å². The van der Waals surface area contributed by atoms with E-state index in [0.29, 0.717) is 0 Å². The number of hydrogen-bond acceptors (Lipinski definition) is 6. The molecular formula is C11H10N4S2. The summed E-state index contributed by atoms with van der Waals surface area (Å²) in [6, 6.07) is 2.11. The SMILES string of the molecule is CNc1nc(-c2cncs2)nc2sc(C)cc12. The molecule has 3 aromatic heterocycles. The van der Waals surface area contributed by atoms with E-state index in [1.54, 1.807) is 34.4 Å². The molecule has 86 valence electrons. The van der Waals surface area contributed by atoms with Crippen molar-refractivity contribution in [3.63, 3.8) is 0 Å². The molecule has 0 amide bonds. The van der Waals surface area contributed by atoms with Gasteiger partial charge in [-0.2, -0.15) is 0 Å². The van der Waals surface area contributed by atoms with Crippen LogP contribution in [0.2, 0.25) is 0 Å². The molecule has 0 radical (unpaired) electrons. The van der Waals surface area contributed by atoms with Gasteiger partial charge in [0.2, 0.25) is 0 Å². The fourth-order valence-electron chi connectivity index (χ4n) is 1.67. The van der Waals surface area contributed by atoms with Crippen LogP contribution in [0.15, 0.2) is 17.8 Å². The quantitative estimate of drug-likeness (QED) is 0.770. The minimum absolute atomic E-state index is 0.742. The average molecular weight is 262 g/mol. The number of nitrogens with zero attached hydrogens (tertiary/aromatic N) is 3. The highest BCUT2D eigenvalue weighted by Crippen LogP contribution is 2.31. The van der Waals surface area contributed by atoms with Gasteiger partial charge >= 0.3 is 0 Å². The summed E-state index contributed by atoms with van der Waals surface area (Å²) in [7, 11) is 1.88. The number of aryl methyl sites for hydroxylation is 1. The van der Waals surface area contributed by atoms with Crippen LogP contribution in [-0.4, -0.2) is 22.0 Å². The van der Waals surface area contributed by atoms with Gasteiger partial charge in [-0.05, 0) is 13.0 Å². The topological polar surface area (TPSA) is 50.7 Å². The van der Waals surface area contributed by atoms with Crippen molar-refractivity contribution in [2.45, 2.75) is 6.92 Å². The molecule has 0 aliphatic carbocycles. The highest BCUT2D eigenvalue weighted by atomic mass is 32.1. The van der Waals surface area contributed by atoms with Gasteiger partial charge in [-0.15, -0.1) is 22.7 Å². The Labute approximate surface area is 106 Å². The Hall–Kier alpha value is -1.53. The largest absolute Gasteiger partial charge is 0.372 e. The molecule has 0 aromatic carbocycles. The van der Waals surface area contributed by atoms with Crippen LogP contribution in [0.4, 0.5) is 5.82 Å². The Morgan fingerprint density at radius 2 is 2.18 bits per heavy atom. The van der Waals surface area contributed by atoms with E-state index in [-0.39, 0.29) is 0 Å². The molecule has 0 saturated carbocycles. The maximum Gasteiger partial charge on any atom is 0.174 e. The first kappa shape index (κ1) is 10.6. The average Bonchev–Trinajstić information content (AvgIpc) is 2.94. The molecule has 3 heterocycles. The van der Waals surface area contributed by atoms with Crippen LogP contribution in [0.25, 0.3) is 20.9 Å². The molecule has 0 bridgehead atoms. The zero-order chi connectivity index (χ0) is 11.8. The molecule has 0 fully saturated rings. The smallest absolute Gasteiger partial charge is 0.174 e. The summed E-state index contributed by atoms with van der Waals surface area (Å²) < 4.78 is 0. The number of hydrogen-bond donors (Lipinski definition) is 1. The number of fused-ring (bicyclic) bond motifs is 1. The molecule has 4 nitrogen and oxygen atoms in total. The lowest BCUT2D eigenvalue weighted by Crippen LogP contribution is -1.96. The summed E-state index contributed by atoms with van der Waals surface area (Å²) in [6.45, 7) is 2.08. The first-order valence-electron chi connectivity index (χ1n) is 5.12. The molecule has 1 N–H and O–H groups in total. The van der Waals surface area contributed by atoms with Crippen molar-refractivity contribution >= 4 is 38.7 Å². The van der Waals surface area contributed by atoms with E-state index in [9.17, 15) is 0 Å². The third-order valence-electron chi connectivity index (χ3n) is 2.41. The molecule has 6 heteroatoms. The van der Waals surface area contributed by atoms with Crippen LogP contribution in [0.1, 0.15) is 4.88 Å². The lowest BCUT2D eigenvalue weighted by Gasteiger charge is -2.03. The maximum atomic E-state index is 4.58. The van der Waals surface area contributed by atoms with Crippen LogP contribution >= 0.6 is 22.7 Å². The standard InChI is InChI=1S/C11H10N4S2/c1-6-3-7-9(12-2)14-10(15-11(7)17-6)8-4-13-5-16-8/h3-5H,1-2H3,(H,12,14,15). The van der Waals surface area contributed by atoms with E-state index in [1.165, 1.54) is 4.88 Å². The van der Waals surface area contributed by atoms with Crippen molar-refractivity contribution in [3.8, 4) is 10.7 Å². The van der Waals surface area contributed by atoms with E-state index in [0.717, 1.165) is 26.7 Å².